The summed E-state index contributed by atoms with van der Waals surface area (Å²) in [5.41, 5.74) is 0.976. The van der Waals surface area contributed by atoms with Crippen LogP contribution in [0, 0.1) is 0 Å². The van der Waals surface area contributed by atoms with E-state index in [9.17, 15) is 14.4 Å². The summed E-state index contributed by atoms with van der Waals surface area (Å²) in [6.07, 6.45) is 3.95. The third-order valence-electron chi connectivity index (χ3n) is 3.17. The molecule has 1 aromatic carbocycles. The van der Waals surface area contributed by atoms with Gasteiger partial charge in [-0.2, -0.15) is 0 Å². The maximum atomic E-state index is 12.2. The van der Waals surface area contributed by atoms with E-state index in [0.717, 1.165) is 5.56 Å². The van der Waals surface area contributed by atoms with E-state index in [0.29, 0.717) is 26.1 Å². The van der Waals surface area contributed by atoms with Crippen LogP contribution in [-0.2, 0) is 30.4 Å². The molecule has 1 aromatic rings. The van der Waals surface area contributed by atoms with Crippen molar-refractivity contribution in [2.45, 2.75) is 26.3 Å². The van der Waals surface area contributed by atoms with Gasteiger partial charge in [-0.25, -0.2) is 0 Å². The summed E-state index contributed by atoms with van der Waals surface area (Å²) in [4.78, 5) is 35.8. The minimum absolute atomic E-state index is 0.287. The lowest BCUT2D eigenvalue weighted by Gasteiger charge is -2.21. The number of benzene rings is 1. The first-order chi connectivity index (χ1) is 11.5. The molecule has 130 valence electrons. The van der Waals surface area contributed by atoms with Gasteiger partial charge in [0.15, 0.2) is 0 Å². The van der Waals surface area contributed by atoms with Gasteiger partial charge in [-0.1, -0.05) is 42.5 Å². The van der Waals surface area contributed by atoms with Crippen molar-refractivity contribution in [3.63, 3.8) is 0 Å². The molecule has 6 heteroatoms. The van der Waals surface area contributed by atoms with Crippen molar-refractivity contribution in [3.05, 3.63) is 48.0 Å². The molecule has 0 aromatic heterocycles. The van der Waals surface area contributed by atoms with Gasteiger partial charge in [0.1, 0.15) is 6.42 Å². The number of amides is 1. The van der Waals surface area contributed by atoms with E-state index in [1.54, 1.807) is 4.90 Å². The fourth-order valence-electron chi connectivity index (χ4n) is 1.96. The second-order valence-corrected chi connectivity index (χ2v) is 5.11. The van der Waals surface area contributed by atoms with Crippen LogP contribution in [0.1, 0.15) is 25.3 Å². The van der Waals surface area contributed by atoms with Gasteiger partial charge in [0.05, 0.1) is 13.7 Å². The Hall–Kier alpha value is -2.63. The number of hydrogen-bond donors (Lipinski definition) is 0. The molecule has 6 nitrogen and oxygen atoms in total. The molecule has 0 fully saturated rings. The summed E-state index contributed by atoms with van der Waals surface area (Å²) in [6, 6.07) is 9.53. The monoisotopic (exact) mass is 333 g/mol. The van der Waals surface area contributed by atoms with E-state index >= 15 is 0 Å². The van der Waals surface area contributed by atoms with Gasteiger partial charge in [0, 0.05) is 20.0 Å². The SMILES string of the molecule is COC(=O)CC(=O)N(C/C=C/CCOC(C)=O)Cc1ccccc1. The molecule has 0 saturated carbocycles. The van der Waals surface area contributed by atoms with Gasteiger partial charge in [0.25, 0.3) is 0 Å². The maximum Gasteiger partial charge on any atom is 0.315 e. The van der Waals surface area contributed by atoms with E-state index in [1.165, 1.54) is 14.0 Å². The molecule has 0 heterocycles. The van der Waals surface area contributed by atoms with E-state index in [4.69, 9.17) is 4.74 Å². The van der Waals surface area contributed by atoms with Crippen LogP contribution >= 0.6 is 0 Å². The highest BCUT2D eigenvalue weighted by Gasteiger charge is 2.17. The van der Waals surface area contributed by atoms with E-state index in [-0.39, 0.29) is 18.3 Å². The summed E-state index contributed by atoms with van der Waals surface area (Å²) >= 11 is 0. The Morgan fingerprint density at radius 2 is 1.83 bits per heavy atom. The van der Waals surface area contributed by atoms with E-state index in [1.807, 2.05) is 42.5 Å². The fourth-order valence-corrected chi connectivity index (χ4v) is 1.96. The highest BCUT2D eigenvalue weighted by Crippen LogP contribution is 2.07. The molecular weight excluding hydrogens is 310 g/mol. The van der Waals surface area contributed by atoms with Crippen LogP contribution in [0.3, 0.4) is 0 Å². The lowest BCUT2D eigenvalue weighted by atomic mass is 10.2. The van der Waals surface area contributed by atoms with Crippen molar-refractivity contribution in [1.82, 2.24) is 4.90 Å². The van der Waals surface area contributed by atoms with E-state index in [2.05, 4.69) is 4.74 Å². The molecule has 0 N–H and O–H groups in total. The Morgan fingerprint density at radius 1 is 1.12 bits per heavy atom. The summed E-state index contributed by atoms with van der Waals surface area (Å²) in [5.74, 6) is -1.17. The molecule has 0 unspecified atom stereocenters. The highest BCUT2D eigenvalue weighted by molar-refractivity contribution is 5.94. The summed E-state index contributed by atoms with van der Waals surface area (Å²) in [7, 11) is 1.26. The number of ether oxygens (including phenoxy) is 2. The average molecular weight is 333 g/mol. The van der Waals surface area contributed by atoms with Crippen LogP contribution in [0.2, 0.25) is 0 Å². The van der Waals surface area contributed by atoms with Crippen molar-refractivity contribution >= 4 is 17.8 Å². The Balaban J connectivity index is 2.60. The predicted molar refractivity (Wildman–Crippen MR) is 88.9 cm³/mol. The summed E-state index contributed by atoms with van der Waals surface area (Å²) in [5, 5.41) is 0. The lowest BCUT2D eigenvalue weighted by Crippen LogP contribution is -2.32. The van der Waals surface area contributed by atoms with Gasteiger partial charge >= 0.3 is 11.9 Å². The molecule has 0 bridgehead atoms. The molecule has 0 aliphatic carbocycles. The second-order valence-electron chi connectivity index (χ2n) is 5.11. The maximum absolute atomic E-state index is 12.2. The van der Waals surface area contributed by atoms with Crippen LogP contribution in [-0.4, -0.2) is 43.0 Å². The number of carbonyl (C=O) groups excluding carboxylic acids is 3. The van der Waals surface area contributed by atoms with Crippen LogP contribution < -0.4 is 0 Å². The quantitative estimate of drug-likeness (QED) is 0.299. The molecule has 0 atom stereocenters. The van der Waals surface area contributed by atoms with Gasteiger partial charge in [-0.3, -0.25) is 14.4 Å². The van der Waals surface area contributed by atoms with Crippen LogP contribution in [0.25, 0.3) is 0 Å². The number of nitrogens with zero attached hydrogens (tertiary/aromatic N) is 1. The molecule has 0 aliphatic heterocycles. The minimum atomic E-state index is -0.558. The first kappa shape index (κ1) is 19.4. The highest BCUT2D eigenvalue weighted by atomic mass is 16.5. The third-order valence-corrected chi connectivity index (χ3v) is 3.17. The molecule has 1 rings (SSSR count). The van der Waals surface area contributed by atoms with Crippen molar-refractivity contribution in [1.29, 1.82) is 0 Å². The van der Waals surface area contributed by atoms with Gasteiger partial charge in [0.2, 0.25) is 5.91 Å². The van der Waals surface area contributed by atoms with Crippen LogP contribution in [0.4, 0.5) is 0 Å². The number of carbonyl (C=O) groups is 3. The summed E-state index contributed by atoms with van der Waals surface area (Å²) in [6.45, 7) is 2.44. The number of esters is 2. The lowest BCUT2D eigenvalue weighted by molar-refractivity contribution is -0.147. The zero-order chi connectivity index (χ0) is 17.8. The van der Waals surface area contributed by atoms with E-state index < -0.39 is 5.97 Å². The number of hydrogen-bond acceptors (Lipinski definition) is 5. The molecule has 0 aliphatic rings. The largest absolute Gasteiger partial charge is 0.469 e. The van der Waals surface area contributed by atoms with Gasteiger partial charge in [-0.05, 0) is 12.0 Å². The average Bonchev–Trinajstić information content (AvgIpc) is 2.57. The smallest absolute Gasteiger partial charge is 0.315 e. The predicted octanol–water partition coefficient (Wildman–Crippen LogP) is 2.09. The third kappa shape index (κ3) is 8.12. The Morgan fingerprint density at radius 3 is 2.46 bits per heavy atom. The Labute approximate surface area is 142 Å². The minimum Gasteiger partial charge on any atom is -0.469 e. The topological polar surface area (TPSA) is 72.9 Å². The Kier molecular flexibility index (Phi) is 8.89. The van der Waals surface area contributed by atoms with Crippen molar-refractivity contribution in [2.24, 2.45) is 0 Å². The Bertz CT molecular complexity index is 568. The first-order valence-corrected chi connectivity index (χ1v) is 7.69. The molecule has 0 radical (unpaired) electrons. The van der Waals surface area contributed by atoms with Gasteiger partial charge in [-0.15, -0.1) is 0 Å². The standard InChI is InChI=1S/C18H23NO5/c1-15(20)24-12-8-4-7-11-19(17(21)13-18(22)23-2)14-16-9-5-3-6-10-16/h3-7,9-10H,8,11-14H2,1-2H3/b7-4+. The molecule has 0 spiro atoms. The van der Waals surface area contributed by atoms with Crippen LogP contribution in [0.15, 0.2) is 42.5 Å². The summed E-state index contributed by atoms with van der Waals surface area (Å²) < 4.78 is 9.38. The zero-order valence-electron chi connectivity index (χ0n) is 14.1. The molecule has 24 heavy (non-hydrogen) atoms. The molecule has 1 amide bonds. The van der Waals surface area contributed by atoms with Crippen molar-refractivity contribution in [3.8, 4) is 0 Å². The fraction of sp³-hybridized carbons (Fsp3) is 0.389. The second kappa shape index (κ2) is 11.0. The molecular formula is C18H23NO5. The van der Waals surface area contributed by atoms with Crippen molar-refractivity contribution in [2.75, 3.05) is 20.3 Å². The zero-order valence-corrected chi connectivity index (χ0v) is 14.1. The van der Waals surface area contributed by atoms with Crippen LogP contribution in [0.5, 0.6) is 0 Å². The normalized spacial score (nSPS) is 10.4. The number of methoxy groups -OCH3 is 1. The first-order valence-electron chi connectivity index (χ1n) is 7.69. The number of rotatable bonds is 9. The van der Waals surface area contributed by atoms with Crippen molar-refractivity contribution < 1.29 is 23.9 Å². The van der Waals surface area contributed by atoms with Gasteiger partial charge < -0.3 is 14.4 Å². The molecule has 0 saturated heterocycles.